The molecule has 1 aliphatic carbocycles. The van der Waals surface area contributed by atoms with E-state index in [-0.39, 0.29) is 0 Å². The Bertz CT molecular complexity index is 423. The zero-order valence-corrected chi connectivity index (χ0v) is 14.8. The number of rotatable bonds is 6. The van der Waals surface area contributed by atoms with Crippen LogP contribution >= 0.6 is 11.6 Å². The maximum absolute atomic E-state index is 6.59. The Balaban J connectivity index is 1.99. The van der Waals surface area contributed by atoms with Crippen molar-refractivity contribution >= 4 is 11.6 Å². The van der Waals surface area contributed by atoms with Gasteiger partial charge in [0.1, 0.15) is 0 Å². The predicted octanol–water partition coefficient (Wildman–Crippen LogP) is 5.47. The molecule has 0 N–H and O–H groups in total. The second-order valence-electron chi connectivity index (χ2n) is 7.05. The lowest BCUT2D eigenvalue weighted by molar-refractivity contribution is 0.217. The summed E-state index contributed by atoms with van der Waals surface area (Å²) in [5, 5.41) is 5.14. The molecular weight excluding hydrogens is 280 g/mol. The van der Waals surface area contributed by atoms with Crippen molar-refractivity contribution in [2.45, 2.75) is 77.6 Å². The van der Waals surface area contributed by atoms with Crippen LogP contribution in [0.3, 0.4) is 0 Å². The van der Waals surface area contributed by atoms with Crippen LogP contribution in [-0.4, -0.2) is 15.2 Å². The van der Waals surface area contributed by atoms with E-state index in [9.17, 15) is 0 Å². The fraction of sp³-hybridized carbons (Fsp3) is 0.833. The first kappa shape index (κ1) is 16.9. The fourth-order valence-corrected chi connectivity index (χ4v) is 4.02. The summed E-state index contributed by atoms with van der Waals surface area (Å²) in [5.74, 6) is 2.21. The van der Waals surface area contributed by atoms with E-state index in [1.165, 1.54) is 25.0 Å². The largest absolute Gasteiger partial charge is 0.269 e. The zero-order valence-electron chi connectivity index (χ0n) is 14.1. The Hall–Kier alpha value is -0.500. The van der Waals surface area contributed by atoms with E-state index in [2.05, 4.69) is 44.6 Å². The van der Waals surface area contributed by atoms with Gasteiger partial charge in [-0.1, -0.05) is 27.7 Å². The summed E-state index contributed by atoms with van der Waals surface area (Å²) < 4.78 is 2.15. The van der Waals surface area contributed by atoms with Crippen molar-refractivity contribution in [3.63, 3.8) is 0 Å². The van der Waals surface area contributed by atoms with Gasteiger partial charge in [0, 0.05) is 11.6 Å². The average Bonchev–Trinajstić information content (AvgIpc) is 2.91. The summed E-state index contributed by atoms with van der Waals surface area (Å²) in [7, 11) is 0. The minimum Gasteiger partial charge on any atom is -0.269 e. The maximum Gasteiger partial charge on any atom is 0.0628 e. The Kier molecular flexibility index (Phi) is 6.16. The third kappa shape index (κ3) is 4.25. The van der Waals surface area contributed by atoms with Gasteiger partial charge in [-0.2, -0.15) is 5.10 Å². The topological polar surface area (TPSA) is 17.8 Å². The van der Waals surface area contributed by atoms with Crippen molar-refractivity contribution in [1.29, 1.82) is 0 Å². The highest BCUT2D eigenvalue weighted by atomic mass is 35.5. The van der Waals surface area contributed by atoms with Gasteiger partial charge >= 0.3 is 0 Å². The Labute approximate surface area is 135 Å². The van der Waals surface area contributed by atoms with Crippen LogP contribution in [0.25, 0.3) is 0 Å². The van der Waals surface area contributed by atoms with Crippen LogP contribution in [0.1, 0.15) is 71.5 Å². The third-order valence-corrected chi connectivity index (χ3v) is 5.90. The van der Waals surface area contributed by atoms with Crippen molar-refractivity contribution in [1.82, 2.24) is 9.78 Å². The smallest absolute Gasteiger partial charge is 0.0628 e. The molecule has 1 aromatic rings. The van der Waals surface area contributed by atoms with Crippen LogP contribution in [0.4, 0.5) is 0 Å². The number of hydrogen-bond donors (Lipinski definition) is 0. The highest BCUT2D eigenvalue weighted by Crippen LogP contribution is 2.38. The second-order valence-corrected chi connectivity index (χ2v) is 7.62. The molecule has 0 spiro atoms. The minimum absolute atomic E-state index is 0.332. The molecule has 3 atom stereocenters. The quantitative estimate of drug-likeness (QED) is 0.637. The van der Waals surface area contributed by atoms with Crippen molar-refractivity contribution in [2.75, 3.05) is 0 Å². The van der Waals surface area contributed by atoms with Gasteiger partial charge in [-0.3, -0.25) is 4.68 Å². The van der Waals surface area contributed by atoms with Crippen LogP contribution in [0.2, 0.25) is 0 Å². The van der Waals surface area contributed by atoms with Gasteiger partial charge in [0.05, 0.1) is 11.7 Å². The van der Waals surface area contributed by atoms with Crippen LogP contribution < -0.4 is 0 Å². The normalized spacial score (nSPS) is 26.7. The van der Waals surface area contributed by atoms with E-state index >= 15 is 0 Å². The van der Waals surface area contributed by atoms with Crippen molar-refractivity contribution in [3.05, 3.63) is 18.0 Å². The Morgan fingerprint density at radius 3 is 2.62 bits per heavy atom. The predicted molar refractivity (Wildman–Crippen MR) is 90.9 cm³/mol. The molecule has 1 saturated carbocycles. The summed E-state index contributed by atoms with van der Waals surface area (Å²) >= 11 is 6.59. The van der Waals surface area contributed by atoms with Crippen LogP contribution in [-0.2, 0) is 6.42 Å². The molecule has 0 aromatic carbocycles. The lowest BCUT2D eigenvalue weighted by atomic mass is 9.74. The minimum atomic E-state index is 0.332. The molecule has 0 radical (unpaired) electrons. The average molecular weight is 311 g/mol. The Morgan fingerprint density at radius 1 is 1.29 bits per heavy atom. The molecule has 3 unspecified atom stereocenters. The number of hydrogen-bond acceptors (Lipinski definition) is 1. The summed E-state index contributed by atoms with van der Waals surface area (Å²) in [6.07, 6.45) is 9.23. The van der Waals surface area contributed by atoms with Gasteiger partial charge in [0.15, 0.2) is 0 Å². The van der Waals surface area contributed by atoms with Gasteiger partial charge in [-0.25, -0.2) is 0 Å². The van der Waals surface area contributed by atoms with E-state index in [1.807, 2.05) is 0 Å². The van der Waals surface area contributed by atoms with Gasteiger partial charge in [0.25, 0.3) is 0 Å². The van der Waals surface area contributed by atoms with E-state index in [4.69, 9.17) is 16.7 Å². The van der Waals surface area contributed by atoms with E-state index < -0.39 is 0 Å². The summed E-state index contributed by atoms with van der Waals surface area (Å²) in [6, 6.07) is 2.74. The highest BCUT2D eigenvalue weighted by molar-refractivity contribution is 6.20. The van der Waals surface area contributed by atoms with Crippen molar-refractivity contribution in [2.24, 2.45) is 17.8 Å². The number of halogens is 1. The van der Waals surface area contributed by atoms with Gasteiger partial charge in [-0.15, -0.1) is 11.6 Å². The molecule has 0 bridgehead atoms. The van der Waals surface area contributed by atoms with Gasteiger partial charge in [0.2, 0.25) is 0 Å². The maximum atomic E-state index is 6.59. The van der Waals surface area contributed by atoms with Crippen LogP contribution in [0.15, 0.2) is 12.3 Å². The van der Waals surface area contributed by atoms with E-state index in [0.717, 1.165) is 31.1 Å². The van der Waals surface area contributed by atoms with Crippen LogP contribution in [0.5, 0.6) is 0 Å². The molecule has 120 valence electrons. The second kappa shape index (κ2) is 7.67. The van der Waals surface area contributed by atoms with Crippen molar-refractivity contribution in [3.8, 4) is 0 Å². The van der Waals surface area contributed by atoms with Crippen LogP contribution in [0, 0.1) is 17.8 Å². The highest BCUT2D eigenvalue weighted by Gasteiger charge is 2.31. The molecule has 0 amide bonds. The molecular formula is C18H31ClN2. The van der Waals surface area contributed by atoms with E-state index in [1.54, 1.807) is 0 Å². The molecule has 1 fully saturated rings. The molecule has 3 heteroatoms. The summed E-state index contributed by atoms with van der Waals surface area (Å²) in [6.45, 7) is 9.16. The lowest BCUT2D eigenvalue weighted by Crippen LogP contribution is -2.29. The first-order chi connectivity index (χ1) is 10.0. The molecule has 2 nitrogen and oxygen atoms in total. The number of nitrogens with zero attached hydrogens (tertiary/aromatic N) is 2. The fourth-order valence-electron chi connectivity index (χ4n) is 3.70. The van der Waals surface area contributed by atoms with Crippen molar-refractivity contribution < 1.29 is 0 Å². The molecule has 0 aliphatic heterocycles. The van der Waals surface area contributed by atoms with Gasteiger partial charge < -0.3 is 0 Å². The zero-order chi connectivity index (χ0) is 15.4. The first-order valence-electron chi connectivity index (χ1n) is 8.73. The molecule has 1 aliphatic rings. The molecule has 1 heterocycles. The lowest BCUT2D eigenvalue weighted by Gasteiger charge is -2.34. The number of aromatic nitrogens is 2. The van der Waals surface area contributed by atoms with E-state index in [0.29, 0.717) is 17.3 Å². The number of alkyl halides is 1. The third-order valence-electron chi connectivity index (χ3n) is 5.32. The Morgan fingerprint density at radius 2 is 2.00 bits per heavy atom. The first-order valence-corrected chi connectivity index (χ1v) is 9.16. The monoisotopic (exact) mass is 310 g/mol. The molecule has 1 aromatic heterocycles. The van der Waals surface area contributed by atoms with Gasteiger partial charge in [-0.05, 0) is 62.3 Å². The molecule has 2 rings (SSSR count). The summed E-state index contributed by atoms with van der Waals surface area (Å²) in [5.41, 5.74) is 1.22. The summed E-state index contributed by atoms with van der Waals surface area (Å²) in [4.78, 5) is 0. The molecule has 0 saturated heterocycles. The molecule has 21 heavy (non-hydrogen) atoms. The standard InChI is InChI=1S/C18H31ClN2/c1-5-17(6-2)21-10-9-16(20-21)12-15-11-14(13(3)4)7-8-18(15)19/h9-10,13-15,17-18H,5-8,11-12H2,1-4H3. The SMILES string of the molecule is CCC(CC)n1ccc(CC2CC(C(C)C)CCC2Cl)n1.